The molecule has 2 saturated carbocycles. The zero-order chi connectivity index (χ0) is 15.5. The predicted octanol–water partition coefficient (Wildman–Crippen LogP) is 4.51. The summed E-state index contributed by atoms with van der Waals surface area (Å²) in [7, 11) is 0. The Morgan fingerprint density at radius 3 is 2.86 bits per heavy atom. The Kier molecular flexibility index (Phi) is 3.40. The second-order valence-electron chi connectivity index (χ2n) is 7.76. The van der Waals surface area contributed by atoms with E-state index < -0.39 is 5.60 Å². The van der Waals surface area contributed by atoms with E-state index >= 15 is 0 Å². The summed E-state index contributed by atoms with van der Waals surface area (Å²) in [5, 5.41) is 10.9. The van der Waals surface area contributed by atoms with Gasteiger partial charge in [-0.3, -0.25) is 0 Å². The van der Waals surface area contributed by atoms with Gasteiger partial charge in [-0.15, -0.1) is 6.42 Å². The maximum Gasteiger partial charge on any atom is 0.130 e. The maximum absolute atomic E-state index is 10.9. The van der Waals surface area contributed by atoms with Crippen molar-refractivity contribution in [1.29, 1.82) is 0 Å². The summed E-state index contributed by atoms with van der Waals surface area (Å²) in [5.74, 6) is 4.72. The van der Waals surface area contributed by atoms with Gasteiger partial charge in [0.05, 0.1) is 0 Å². The second kappa shape index (κ2) is 4.98. The molecule has 4 rings (SSSR count). The van der Waals surface area contributed by atoms with Gasteiger partial charge >= 0.3 is 0 Å². The molecule has 0 amide bonds. The molecule has 0 heterocycles. The van der Waals surface area contributed by atoms with Crippen molar-refractivity contribution < 1.29 is 5.11 Å². The number of hydrogen-bond acceptors (Lipinski definition) is 1. The Balaban J connectivity index is 1.72. The standard InChI is InChI=1S/C20H23IO/c1-3-20(22)11-9-18-17-6-4-13-12-14(21)5-7-15(13)16(17)8-10-19(18,20)2/h1,5,7,12,16-18,22H,4,6,8-11H2,2H3/t16?,17?,18?,19-,20-/m0/s1. The van der Waals surface area contributed by atoms with Gasteiger partial charge in [0.1, 0.15) is 5.60 Å². The van der Waals surface area contributed by atoms with Gasteiger partial charge in [0.15, 0.2) is 0 Å². The lowest BCUT2D eigenvalue weighted by Gasteiger charge is -2.52. The fourth-order valence-electron chi connectivity index (χ4n) is 5.80. The predicted molar refractivity (Wildman–Crippen MR) is 97.6 cm³/mol. The van der Waals surface area contributed by atoms with Crippen LogP contribution in [0.1, 0.15) is 56.1 Å². The van der Waals surface area contributed by atoms with Crippen LogP contribution in [0.3, 0.4) is 0 Å². The molecule has 0 saturated heterocycles. The number of aryl methyl sites for hydroxylation is 1. The van der Waals surface area contributed by atoms with Crippen molar-refractivity contribution in [3.63, 3.8) is 0 Å². The molecule has 0 radical (unpaired) electrons. The van der Waals surface area contributed by atoms with E-state index in [1.54, 1.807) is 11.1 Å². The highest BCUT2D eigenvalue weighted by molar-refractivity contribution is 14.1. The highest BCUT2D eigenvalue weighted by Crippen LogP contribution is 2.64. The molecule has 1 aromatic carbocycles. The summed E-state index contributed by atoms with van der Waals surface area (Å²) in [5.41, 5.74) is 2.18. The molecule has 1 N–H and O–H groups in total. The van der Waals surface area contributed by atoms with Gasteiger partial charge in [0, 0.05) is 8.99 Å². The van der Waals surface area contributed by atoms with Gasteiger partial charge < -0.3 is 5.11 Å². The monoisotopic (exact) mass is 406 g/mol. The van der Waals surface area contributed by atoms with Crippen LogP contribution in [0.4, 0.5) is 0 Å². The number of hydrogen-bond donors (Lipinski definition) is 1. The minimum atomic E-state index is -0.880. The van der Waals surface area contributed by atoms with Gasteiger partial charge in [0.2, 0.25) is 0 Å². The molecule has 0 aliphatic heterocycles. The van der Waals surface area contributed by atoms with Gasteiger partial charge in [-0.2, -0.15) is 0 Å². The highest BCUT2D eigenvalue weighted by atomic mass is 127. The minimum absolute atomic E-state index is 0.0797. The molecule has 3 aliphatic rings. The van der Waals surface area contributed by atoms with E-state index in [9.17, 15) is 5.11 Å². The van der Waals surface area contributed by atoms with Crippen LogP contribution in [-0.4, -0.2) is 10.7 Å². The van der Waals surface area contributed by atoms with Crippen LogP contribution in [0.5, 0.6) is 0 Å². The summed E-state index contributed by atoms with van der Waals surface area (Å²) in [6, 6.07) is 6.98. The molecule has 5 atom stereocenters. The van der Waals surface area contributed by atoms with E-state index in [0.29, 0.717) is 17.8 Å². The second-order valence-corrected chi connectivity index (χ2v) is 9.00. The van der Waals surface area contributed by atoms with Crippen LogP contribution in [0.25, 0.3) is 0 Å². The topological polar surface area (TPSA) is 20.2 Å². The molecule has 0 aromatic heterocycles. The Labute approximate surface area is 147 Å². The van der Waals surface area contributed by atoms with Crippen molar-refractivity contribution in [1.82, 2.24) is 0 Å². The van der Waals surface area contributed by atoms with Crippen LogP contribution in [0.15, 0.2) is 18.2 Å². The van der Waals surface area contributed by atoms with Crippen molar-refractivity contribution in [3.05, 3.63) is 32.9 Å². The zero-order valence-corrected chi connectivity index (χ0v) is 15.3. The van der Waals surface area contributed by atoms with Crippen LogP contribution >= 0.6 is 22.6 Å². The molecule has 0 bridgehead atoms. The van der Waals surface area contributed by atoms with Gasteiger partial charge in [-0.05, 0) is 102 Å². The molecule has 3 aliphatic carbocycles. The van der Waals surface area contributed by atoms with Crippen molar-refractivity contribution in [3.8, 4) is 12.3 Å². The maximum atomic E-state index is 10.9. The molecular weight excluding hydrogens is 383 g/mol. The van der Waals surface area contributed by atoms with E-state index in [2.05, 4.69) is 53.6 Å². The molecule has 0 spiro atoms. The van der Waals surface area contributed by atoms with Crippen LogP contribution in [0, 0.1) is 33.2 Å². The van der Waals surface area contributed by atoms with Crippen molar-refractivity contribution in [2.24, 2.45) is 17.3 Å². The summed E-state index contributed by atoms with van der Waals surface area (Å²) in [4.78, 5) is 0. The molecule has 1 aromatic rings. The van der Waals surface area contributed by atoms with Crippen LogP contribution in [0.2, 0.25) is 0 Å². The van der Waals surface area contributed by atoms with Crippen molar-refractivity contribution >= 4 is 22.6 Å². The lowest BCUT2D eigenvalue weighted by Crippen LogP contribution is -2.50. The van der Waals surface area contributed by atoms with E-state index in [1.165, 1.54) is 22.8 Å². The Morgan fingerprint density at radius 1 is 1.27 bits per heavy atom. The molecule has 3 unspecified atom stereocenters. The molecule has 1 nitrogen and oxygen atoms in total. The fourth-order valence-corrected chi connectivity index (χ4v) is 6.36. The van der Waals surface area contributed by atoms with E-state index in [1.807, 2.05) is 0 Å². The third kappa shape index (κ3) is 1.88. The summed E-state index contributed by atoms with van der Waals surface area (Å²) in [6.45, 7) is 2.25. The van der Waals surface area contributed by atoms with Gasteiger partial charge in [-0.1, -0.05) is 18.9 Å². The zero-order valence-electron chi connectivity index (χ0n) is 13.1. The number of aliphatic hydroxyl groups is 1. The van der Waals surface area contributed by atoms with Gasteiger partial charge in [0.25, 0.3) is 0 Å². The molecule has 22 heavy (non-hydrogen) atoms. The fraction of sp³-hybridized carbons (Fsp3) is 0.600. The van der Waals surface area contributed by atoms with E-state index in [4.69, 9.17) is 6.42 Å². The minimum Gasteiger partial charge on any atom is -0.377 e. The van der Waals surface area contributed by atoms with Crippen molar-refractivity contribution in [2.75, 3.05) is 0 Å². The average Bonchev–Trinajstić information content (AvgIpc) is 2.79. The largest absolute Gasteiger partial charge is 0.377 e. The molecular formula is C20H23IO. The number of terminal acetylenes is 1. The number of benzene rings is 1. The number of fused-ring (bicyclic) bond motifs is 5. The molecule has 2 heteroatoms. The first-order chi connectivity index (χ1) is 10.5. The first-order valence-electron chi connectivity index (χ1n) is 8.47. The molecule has 116 valence electrons. The van der Waals surface area contributed by atoms with Crippen LogP contribution in [-0.2, 0) is 6.42 Å². The Hall–Kier alpha value is -0.530. The smallest absolute Gasteiger partial charge is 0.130 e. The Bertz CT molecular complexity index is 660. The number of rotatable bonds is 0. The quantitative estimate of drug-likeness (QED) is 0.497. The third-order valence-electron chi connectivity index (χ3n) is 7.08. The van der Waals surface area contributed by atoms with Gasteiger partial charge in [-0.25, -0.2) is 0 Å². The summed E-state index contributed by atoms with van der Waals surface area (Å²) < 4.78 is 1.35. The third-order valence-corrected chi connectivity index (χ3v) is 7.75. The van der Waals surface area contributed by atoms with Crippen LogP contribution < -0.4 is 0 Å². The lowest BCUT2D eigenvalue weighted by atomic mass is 9.53. The van der Waals surface area contributed by atoms with E-state index in [-0.39, 0.29) is 5.41 Å². The summed E-state index contributed by atoms with van der Waals surface area (Å²) >= 11 is 2.41. The summed E-state index contributed by atoms with van der Waals surface area (Å²) in [6.07, 6.45) is 12.3. The average molecular weight is 406 g/mol. The lowest BCUT2D eigenvalue weighted by molar-refractivity contribution is -0.0646. The first kappa shape index (κ1) is 15.0. The molecule has 2 fully saturated rings. The first-order valence-corrected chi connectivity index (χ1v) is 9.55. The number of halogens is 1. The SMILES string of the molecule is C#C[C@]1(O)CCC2C3CCc4cc(I)ccc4C3CC[C@@]21C. The highest BCUT2D eigenvalue weighted by Gasteiger charge is 2.61. The van der Waals surface area contributed by atoms with E-state index in [0.717, 1.165) is 19.3 Å². The van der Waals surface area contributed by atoms with Crippen molar-refractivity contribution in [2.45, 2.75) is 57.0 Å². The Morgan fingerprint density at radius 2 is 2.09 bits per heavy atom. The normalized spacial score (nSPS) is 42.9.